The summed E-state index contributed by atoms with van der Waals surface area (Å²) in [5, 5.41) is 4.06. The highest BCUT2D eigenvalue weighted by atomic mass is 16.2. The summed E-state index contributed by atoms with van der Waals surface area (Å²) in [6, 6.07) is 7.75. The molecule has 0 bridgehead atoms. The van der Waals surface area contributed by atoms with Crippen LogP contribution >= 0.6 is 0 Å². The zero-order valence-corrected chi connectivity index (χ0v) is 10.0. The molecule has 2 aromatic rings. The Morgan fingerprint density at radius 1 is 1.11 bits per heavy atom. The topological polar surface area (TPSA) is 54.3 Å². The van der Waals surface area contributed by atoms with Crippen LogP contribution in [0.5, 0.6) is 0 Å². The number of hydrogen-bond donors (Lipinski definition) is 0. The number of benzene rings is 1. The van der Waals surface area contributed by atoms with E-state index in [4.69, 9.17) is 0 Å². The van der Waals surface area contributed by atoms with Gasteiger partial charge in [0.1, 0.15) is 12.7 Å². The van der Waals surface area contributed by atoms with Gasteiger partial charge in [-0.15, -0.1) is 0 Å². The quantitative estimate of drug-likeness (QED) is 0.794. The zero-order valence-electron chi connectivity index (χ0n) is 10.0. The summed E-state index contributed by atoms with van der Waals surface area (Å²) in [7, 11) is 1.81. The van der Waals surface area contributed by atoms with E-state index in [2.05, 4.69) is 10.1 Å². The first-order chi connectivity index (χ1) is 8.75. The van der Waals surface area contributed by atoms with Crippen molar-refractivity contribution < 1.29 is 4.79 Å². The molecule has 1 saturated heterocycles. The Hall–Kier alpha value is -2.37. The van der Waals surface area contributed by atoms with Crippen LogP contribution in [0.4, 0.5) is 10.5 Å². The minimum Gasteiger partial charge on any atom is -0.326 e. The third-order valence-electron chi connectivity index (χ3n) is 3.06. The number of carbonyl (C=O) groups is 1. The average Bonchev–Trinajstić information content (AvgIpc) is 3.02. The van der Waals surface area contributed by atoms with Gasteiger partial charge in [0, 0.05) is 25.8 Å². The van der Waals surface area contributed by atoms with Gasteiger partial charge in [-0.2, -0.15) is 5.10 Å². The normalized spacial score (nSPS) is 15.5. The van der Waals surface area contributed by atoms with Crippen molar-refractivity contribution in [1.82, 2.24) is 19.7 Å². The van der Waals surface area contributed by atoms with Gasteiger partial charge in [0.25, 0.3) is 0 Å². The number of aromatic nitrogens is 3. The van der Waals surface area contributed by atoms with E-state index in [1.807, 2.05) is 31.3 Å². The van der Waals surface area contributed by atoms with E-state index in [-0.39, 0.29) is 6.03 Å². The van der Waals surface area contributed by atoms with Crippen LogP contribution in [0.15, 0.2) is 36.9 Å². The smallest absolute Gasteiger partial charge is 0.324 e. The number of anilines is 1. The molecule has 1 aliphatic heterocycles. The van der Waals surface area contributed by atoms with Crippen LogP contribution in [0.1, 0.15) is 0 Å². The van der Waals surface area contributed by atoms with Gasteiger partial charge in [-0.1, -0.05) is 0 Å². The average molecular weight is 243 g/mol. The van der Waals surface area contributed by atoms with E-state index in [1.54, 1.807) is 20.8 Å². The SMILES string of the molecule is CN1CCN(c2ccc(-n3cncn3)cc2)C1=O. The Bertz CT molecular complexity index is 548. The van der Waals surface area contributed by atoms with Crippen molar-refractivity contribution in [2.24, 2.45) is 0 Å². The molecule has 1 aromatic heterocycles. The largest absolute Gasteiger partial charge is 0.326 e. The fraction of sp³-hybridized carbons (Fsp3) is 0.250. The van der Waals surface area contributed by atoms with Crippen molar-refractivity contribution in [3.63, 3.8) is 0 Å². The fourth-order valence-corrected chi connectivity index (χ4v) is 2.01. The van der Waals surface area contributed by atoms with Crippen LogP contribution in [-0.2, 0) is 0 Å². The summed E-state index contributed by atoms with van der Waals surface area (Å²) in [5.41, 5.74) is 1.84. The molecule has 6 nitrogen and oxygen atoms in total. The highest BCUT2D eigenvalue weighted by Crippen LogP contribution is 2.20. The van der Waals surface area contributed by atoms with E-state index in [9.17, 15) is 4.79 Å². The molecular weight excluding hydrogens is 230 g/mol. The summed E-state index contributed by atoms with van der Waals surface area (Å²) >= 11 is 0. The van der Waals surface area contributed by atoms with Crippen LogP contribution in [0.25, 0.3) is 5.69 Å². The van der Waals surface area contributed by atoms with E-state index >= 15 is 0 Å². The van der Waals surface area contributed by atoms with Crippen molar-refractivity contribution in [3.8, 4) is 5.69 Å². The monoisotopic (exact) mass is 243 g/mol. The first-order valence-electron chi connectivity index (χ1n) is 5.73. The van der Waals surface area contributed by atoms with Gasteiger partial charge in [0.2, 0.25) is 0 Å². The Morgan fingerprint density at radius 2 is 1.83 bits per heavy atom. The number of likely N-dealkylation sites (N-methyl/N-ethyl adjacent to an activating group) is 1. The molecule has 0 atom stereocenters. The summed E-state index contributed by atoms with van der Waals surface area (Å²) < 4.78 is 1.68. The molecule has 1 fully saturated rings. The molecule has 1 aromatic carbocycles. The second-order valence-electron chi connectivity index (χ2n) is 4.21. The Kier molecular flexibility index (Phi) is 2.47. The minimum absolute atomic E-state index is 0.0449. The summed E-state index contributed by atoms with van der Waals surface area (Å²) in [4.78, 5) is 19.2. The predicted molar refractivity (Wildman–Crippen MR) is 66.7 cm³/mol. The number of rotatable bonds is 2. The molecule has 0 spiro atoms. The number of hydrogen-bond acceptors (Lipinski definition) is 3. The highest BCUT2D eigenvalue weighted by molar-refractivity contribution is 5.93. The summed E-state index contributed by atoms with van der Waals surface area (Å²) in [5.74, 6) is 0. The molecule has 0 N–H and O–H groups in total. The molecule has 0 unspecified atom stereocenters. The molecular formula is C12H13N5O. The molecule has 3 rings (SSSR count). The van der Waals surface area contributed by atoms with Crippen molar-refractivity contribution in [3.05, 3.63) is 36.9 Å². The molecule has 2 heterocycles. The Labute approximate surface area is 104 Å². The van der Waals surface area contributed by atoms with Gasteiger partial charge < -0.3 is 4.90 Å². The number of nitrogens with zero attached hydrogens (tertiary/aromatic N) is 5. The van der Waals surface area contributed by atoms with Crippen LogP contribution in [0.2, 0.25) is 0 Å². The maximum atomic E-state index is 11.8. The lowest BCUT2D eigenvalue weighted by Crippen LogP contribution is -2.29. The van der Waals surface area contributed by atoms with Crippen molar-refractivity contribution >= 4 is 11.7 Å². The van der Waals surface area contributed by atoms with E-state index in [0.717, 1.165) is 24.5 Å². The third kappa shape index (κ3) is 1.71. The van der Waals surface area contributed by atoms with Gasteiger partial charge in [-0.05, 0) is 24.3 Å². The van der Waals surface area contributed by atoms with E-state index in [1.165, 1.54) is 6.33 Å². The molecule has 2 amide bonds. The van der Waals surface area contributed by atoms with E-state index < -0.39 is 0 Å². The lowest BCUT2D eigenvalue weighted by atomic mass is 10.2. The standard InChI is InChI=1S/C12H13N5O/c1-15-6-7-16(12(15)18)10-2-4-11(5-3-10)17-9-13-8-14-17/h2-5,8-9H,6-7H2,1H3. The van der Waals surface area contributed by atoms with Crippen LogP contribution in [-0.4, -0.2) is 45.8 Å². The van der Waals surface area contributed by atoms with Crippen LogP contribution in [0.3, 0.4) is 0 Å². The first-order valence-corrected chi connectivity index (χ1v) is 5.73. The molecule has 6 heteroatoms. The second-order valence-corrected chi connectivity index (χ2v) is 4.21. The molecule has 1 aliphatic rings. The second kappa shape index (κ2) is 4.14. The van der Waals surface area contributed by atoms with Gasteiger partial charge in [0.05, 0.1) is 5.69 Å². The maximum Gasteiger partial charge on any atom is 0.324 e. The summed E-state index contributed by atoms with van der Waals surface area (Å²) in [6.07, 6.45) is 3.14. The number of urea groups is 1. The lowest BCUT2D eigenvalue weighted by molar-refractivity contribution is 0.229. The highest BCUT2D eigenvalue weighted by Gasteiger charge is 2.26. The van der Waals surface area contributed by atoms with Crippen molar-refractivity contribution in [2.45, 2.75) is 0 Å². The van der Waals surface area contributed by atoms with Crippen molar-refractivity contribution in [2.75, 3.05) is 25.0 Å². The zero-order chi connectivity index (χ0) is 12.5. The Balaban J connectivity index is 1.86. The molecule has 0 aliphatic carbocycles. The minimum atomic E-state index is 0.0449. The summed E-state index contributed by atoms with van der Waals surface area (Å²) in [6.45, 7) is 1.50. The molecule has 18 heavy (non-hydrogen) atoms. The van der Waals surface area contributed by atoms with Gasteiger partial charge in [-0.3, -0.25) is 4.90 Å². The van der Waals surface area contributed by atoms with Gasteiger partial charge in [0.15, 0.2) is 0 Å². The molecule has 92 valence electrons. The lowest BCUT2D eigenvalue weighted by Gasteiger charge is -2.16. The van der Waals surface area contributed by atoms with Crippen molar-refractivity contribution in [1.29, 1.82) is 0 Å². The molecule has 0 radical (unpaired) electrons. The third-order valence-corrected chi connectivity index (χ3v) is 3.06. The number of amides is 2. The van der Waals surface area contributed by atoms with Gasteiger partial charge >= 0.3 is 6.03 Å². The maximum absolute atomic E-state index is 11.8. The predicted octanol–water partition coefficient (Wildman–Crippen LogP) is 1.14. The first kappa shape index (κ1) is 10.8. The van der Waals surface area contributed by atoms with Crippen LogP contribution in [0, 0.1) is 0 Å². The van der Waals surface area contributed by atoms with E-state index in [0.29, 0.717) is 0 Å². The van der Waals surface area contributed by atoms with Crippen LogP contribution < -0.4 is 4.90 Å². The molecule has 0 saturated carbocycles. The Morgan fingerprint density at radius 3 is 2.39 bits per heavy atom. The fourth-order valence-electron chi connectivity index (χ4n) is 2.01. The number of carbonyl (C=O) groups excluding carboxylic acids is 1. The van der Waals surface area contributed by atoms with Gasteiger partial charge in [-0.25, -0.2) is 14.5 Å².